The molecule has 0 bridgehead atoms. The van der Waals surface area contributed by atoms with Crippen LogP contribution in [0.15, 0.2) is 12.1 Å². The molecule has 0 spiro atoms. The fraction of sp³-hybridized carbons (Fsp3) is 0.733. The van der Waals surface area contributed by atoms with Crippen LogP contribution in [0.25, 0.3) is 0 Å². The lowest BCUT2D eigenvalue weighted by Crippen LogP contribution is -2.39. The summed E-state index contributed by atoms with van der Waals surface area (Å²) >= 11 is 1.89. The van der Waals surface area contributed by atoms with E-state index in [2.05, 4.69) is 44.9 Å². The number of nitrogens with two attached hydrogens (primary N) is 1. The second-order valence-corrected chi connectivity index (χ2v) is 7.20. The summed E-state index contributed by atoms with van der Waals surface area (Å²) in [4.78, 5) is 5.29. The smallest absolute Gasteiger partial charge is 0.0591 e. The van der Waals surface area contributed by atoms with Crippen molar-refractivity contribution in [3.63, 3.8) is 0 Å². The maximum Gasteiger partial charge on any atom is 0.0591 e. The van der Waals surface area contributed by atoms with Crippen LogP contribution in [0.1, 0.15) is 42.5 Å². The first-order chi connectivity index (χ1) is 8.52. The molecule has 0 saturated heterocycles. The summed E-state index contributed by atoms with van der Waals surface area (Å²) in [5, 5.41) is 0. The van der Waals surface area contributed by atoms with E-state index in [1.165, 1.54) is 22.7 Å². The Morgan fingerprint density at radius 3 is 2.61 bits per heavy atom. The van der Waals surface area contributed by atoms with Crippen molar-refractivity contribution < 1.29 is 0 Å². The topological polar surface area (TPSA) is 29.3 Å². The monoisotopic (exact) mass is 266 g/mol. The number of rotatable bonds is 6. The van der Waals surface area contributed by atoms with Crippen molar-refractivity contribution in [2.24, 2.45) is 17.6 Å². The van der Waals surface area contributed by atoms with Gasteiger partial charge in [0.05, 0.1) is 6.04 Å². The van der Waals surface area contributed by atoms with Gasteiger partial charge in [-0.05, 0) is 50.8 Å². The maximum atomic E-state index is 6.36. The average molecular weight is 266 g/mol. The first-order valence-corrected chi connectivity index (χ1v) is 7.86. The molecule has 1 aliphatic rings. The molecule has 2 rings (SSSR count). The van der Waals surface area contributed by atoms with Gasteiger partial charge in [-0.1, -0.05) is 13.8 Å². The summed E-state index contributed by atoms with van der Waals surface area (Å²) in [5.74, 6) is 1.80. The Kier molecular flexibility index (Phi) is 4.46. The molecule has 18 heavy (non-hydrogen) atoms. The second kappa shape index (κ2) is 5.72. The van der Waals surface area contributed by atoms with Crippen LogP contribution in [0, 0.1) is 18.8 Å². The molecule has 0 aliphatic heterocycles. The Morgan fingerprint density at radius 2 is 2.17 bits per heavy atom. The molecule has 1 fully saturated rings. The lowest BCUT2D eigenvalue weighted by Gasteiger charge is -2.31. The molecule has 3 heteroatoms. The van der Waals surface area contributed by atoms with Gasteiger partial charge in [0.2, 0.25) is 0 Å². The Hall–Kier alpha value is -0.380. The van der Waals surface area contributed by atoms with Crippen molar-refractivity contribution in [2.45, 2.75) is 45.7 Å². The quantitative estimate of drug-likeness (QED) is 0.855. The van der Waals surface area contributed by atoms with E-state index in [1.54, 1.807) is 0 Å². The lowest BCUT2D eigenvalue weighted by molar-refractivity contribution is 0.202. The lowest BCUT2D eigenvalue weighted by atomic mass is 10.0. The highest BCUT2D eigenvalue weighted by Gasteiger charge is 2.35. The van der Waals surface area contributed by atoms with Gasteiger partial charge in [-0.2, -0.15) is 0 Å². The number of aryl methyl sites for hydroxylation is 1. The molecule has 1 heterocycles. The van der Waals surface area contributed by atoms with Gasteiger partial charge in [-0.3, -0.25) is 4.90 Å². The molecule has 2 N–H and O–H groups in total. The highest BCUT2D eigenvalue weighted by molar-refractivity contribution is 7.12. The molecule has 1 aromatic heterocycles. The van der Waals surface area contributed by atoms with Crippen LogP contribution < -0.4 is 5.73 Å². The van der Waals surface area contributed by atoms with E-state index in [9.17, 15) is 0 Å². The van der Waals surface area contributed by atoms with Gasteiger partial charge in [0.15, 0.2) is 0 Å². The minimum Gasteiger partial charge on any atom is -0.326 e. The van der Waals surface area contributed by atoms with Gasteiger partial charge in [-0.25, -0.2) is 0 Å². The minimum atomic E-state index is 0.238. The fourth-order valence-electron chi connectivity index (χ4n) is 2.73. The first-order valence-electron chi connectivity index (χ1n) is 7.05. The number of nitrogens with zero attached hydrogens (tertiary/aromatic N) is 1. The van der Waals surface area contributed by atoms with Crippen molar-refractivity contribution >= 4 is 11.3 Å². The van der Waals surface area contributed by atoms with E-state index in [0.29, 0.717) is 6.04 Å². The van der Waals surface area contributed by atoms with Crippen molar-refractivity contribution in [1.29, 1.82) is 0 Å². The molecule has 1 aliphatic carbocycles. The van der Waals surface area contributed by atoms with Gasteiger partial charge in [0, 0.05) is 22.3 Å². The standard InChI is InChI=1S/C15H26N2S/c1-5-13(16)15(14-7-6-11(3)18-14)17(4)9-12-8-10(12)2/h6-7,10,12-13,15H,5,8-9,16H2,1-4H3. The Morgan fingerprint density at radius 1 is 1.50 bits per heavy atom. The Labute approximate surface area is 115 Å². The van der Waals surface area contributed by atoms with Crippen molar-refractivity contribution in [1.82, 2.24) is 4.90 Å². The summed E-state index contributed by atoms with van der Waals surface area (Å²) in [6, 6.07) is 5.10. The van der Waals surface area contributed by atoms with Gasteiger partial charge in [0.1, 0.15) is 0 Å². The van der Waals surface area contributed by atoms with E-state index >= 15 is 0 Å². The molecule has 1 aromatic rings. The highest BCUT2D eigenvalue weighted by Crippen LogP contribution is 2.40. The number of hydrogen-bond donors (Lipinski definition) is 1. The van der Waals surface area contributed by atoms with Gasteiger partial charge in [0.25, 0.3) is 0 Å². The zero-order chi connectivity index (χ0) is 13.3. The third kappa shape index (κ3) is 3.14. The summed E-state index contributed by atoms with van der Waals surface area (Å²) in [6.07, 6.45) is 2.42. The van der Waals surface area contributed by atoms with Crippen LogP contribution in [0.2, 0.25) is 0 Å². The minimum absolute atomic E-state index is 0.238. The summed E-state index contributed by atoms with van der Waals surface area (Å²) in [6.45, 7) is 7.90. The van der Waals surface area contributed by atoms with Crippen LogP contribution in [0.3, 0.4) is 0 Å². The van der Waals surface area contributed by atoms with Crippen molar-refractivity contribution in [2.75, 3.05) is 13.6 Å². The van der Waals surface area contributed by atoms with Gasteiger partial charge >= 0.3 is 0 Å². The molecule has 4 unspecified atom stereocenters. The number of hydrogen-bond acceptors (Lipinski definition) is 3. The summed E-state index contributed by atoms with van der Waals surface area (Å²) in [5.41, 5.74) is 6.36. The van der Waals surface area contributed by atoms with E-state index in [-0.39, 0.29) is 6.04 Å². The van der Waals surface area contributed by atoms with Gasteiger partial charge in [-0.15, -0.1) is 11.3 Å². The molecule has 0 amide bonds. The Balaban J connectivity index is 2.09. The molecule has 4 atom stereocenters. The molecule has 102 valence electrons. The molecule has 2 nitrogen and oxygen atoms in total. The van der Waals surface area contributed by atoms with Crippen LogP contribution in [-0.4, -0.2) is 24.5 Å². The average Bonchev–Trinajstić information content (AvgIpc) is 2.84. The highest BCUT2D eigenvalue weighted by atomic mass is 32.1. The van der Waals surface area contributed by atoms with Crippen LogP contribution in [0.4, 0.5) is 0 Å². The van der Waals surface area contributed by atoms with Crippen molar-refractivity contribution in [3.05, 3.63) is 21.9 Å². The van der Waals surface area contributed by atoms with Gasteiger partial charge < -0.3 is 5.73 Å². The molecular formula is C15H26N2S. The third-order valence-corrected chi connectivity index (χ3v) is 5.27. The second-order valence-electron chi connectivity index (χ2n) is 5.88. The zero-order valence-corrected chi connectivity index (χ0v) is 12.8. The molecule has 1 saturated carbocycles. The number of thiophene rings is 1. The fourth-order valence-corrected chi connectivity index (χ4v) is 3.85. The largest absolute Gasteiger partial charge is 0.326 e. The van der Waals surface area contributed by atoms with Crippen molar-refractivity contribution in [3.8, 4) is 0 Å². The Bertz CT molecular complexity index is 388. The molecule has 0 radical (unpaired) electrons. The SMILES string of the molecule is CCC(N)C(c1ccc(C)s1)N(C)CC1CC1C. The van der Waals surface area contributed by atoms with Crippen LogP contribution in [0.5, 0.6) is 0 Å². The number of likely N-dealkylation sites (N-methyl/N-ethyl adjacent to an activating group) is 1. The predicted molar refractivity (Wildman–Crippen MR) is 80.0 cm³/mol. The van der Waals surface area contributed by atoms with E-state index in [4.69, 9.17) is 5.73 Å². The normalized spacial score (nSPS) is 26.3. The maximum absolute atomic E-state index is 6.36. The van der Waals surface area contributed by atoms with E-state index in [1.807, 2.05) is 11.3 Å². The predicted octanol–water partition coefficient (Wildman–Crippen LogP) is 3.42. The zero-order valence-electron chi connectivity index (χ0n) is 12.0. The van der Waals surface area contributed by atoms with Crippen LogP contribution >= 0.6 is 11.3 Å². The molecular weight excluding hydrogens is 240 g/mol. The summed E-state index contributed by atoms with van der Waals surface area (Å²) in [7, 11) is 2.24. The van der Waals surface area contributed by atoms with E-state index in [0.717, 1.165) is 18.3 Å². The van der Waals surface area contributed by atoms with E-state index < -0.39 is 0 Å². The first kappa shape index (κ1) is 14.0. The third-order valence-electron chi connectivity index (χ3n) is 4.20. The summed E-state index contributed by atoms with van der Waals surface area (Å²) < 4.78 is 0. The van der Waals surface area contributed by atoms with Crippen LogP contribution in [-0.2, 0) is 0 Å². The molecule has 0 aromatic carbocycles.